The molecule has 0 unspecified atom stereocenters. The Balaban J connectivity index is 1.79. The molecule has 0 bridgehead atoms. The Morgan fingerprint density at radius 2 is 1.83 bits per heavy atom. The van der Waals surface area contributed by atoms with Gasteiger partial charge in [0.1, 0.15) is 22.9 Å². The molecule has 1 aromatic heterocycles. The molecule has 0 saturated carbocycles. The van der Waals surface area contributed by atoms with Gasteiger partial charge in [-0.05, 0) is 24.3 Å². The molecule has 4 rings (SSSR count). The number of para-hydroxylation sites is 3. The van der Waals surface area contributed by atoms with Gasteiger partial charge in [0.15, 0.2) is 5.13 Å². The second kappa shape index (κ2) is 7.76. The number of sulfonamides is 1. The van der Waals surface area contributed by atoms with E-state index in [4.69, 9.17) is 4.74 Å². The summed E-state index contributed by atoms with van der Waals surface area (Å²) in [5.41, 5.74) is 0.188. The normalized spacial score (nSPS) is 14.9. The molecule has 0 spiro atoms. The van der Waals surface area contributed by atoms with Crippen LogP contribution < -0.4 is 19.3 Å². The number of amides is 3. The Kier molecular flexibility index (Phi) is 5.14. The molecular formula is C19H16N4O5S2. The lowest BCUT2D eigenvalue weighted by atomic mass is 10.2. The SMILES string of the molecule is COc1ccccc1N1C(=O)N(CC(=O)Nc2nccs2)c2ccccc2S1(=O)=O. The van der Waals surface area contributed by atoms with Gasteiger partial charge < -0.3 is 10.1 Å². The van der Waals surface area contributed by atoms with E-state index in [2.05, 4.69) is 10.3 Å². The molecule has 3 aromatic rings. The minimum Gasteiger partial charge on any atom is -0.495 e. The van der Waals surface area contributed by atoms with Crippen LogP contribution in [0.5, 0.6) is 5.75 Å². The van der Waals surface area contributed by atoms with E-state index in [0.29, 0.717) is 9.44 Å². The molecule has 0 fully saturated rings. The number of carbonyl (C=O) groups is 2. The molecule has 2 heterocycles. The lowest BCUT2D eigenvalue weighted by molar-refractivity contribution is -0.114. The second-order valence-electron chi connectivity index (χ2n) is 6.16. The number of nitrogens with one attached hydrogen (secondary N) is 1. The van der Waals surface area contributed by atoms with Gasteiger partial charge in [-0.2, -0.15) is 4.31 Å². The number of carbonyl (C=O) groups excluding carboxylic acids is 2. The quantitative estimate of drug-likeness (QED) is 0.648. The predicted octanol–water partition coefficient (Wildman–Crippen LogP) is 2.93. The van der Waals surface area contributed by atoms with Gasteiger partial charge in [-0.1, -0.05) is 24.3 Å². The smallest absolute Gasteiger partial charge is 0.343 e. The van der Waals surface area contributed by atoms with Gasteiger partial charge in [0.05, 0.1) is 12.8 Å². The van der Waals surface area contributed by atoms with Crippen molar-refractivity contribution in [2.45, 2.75) is 4.90 Å². The van der Waals surface area contributed by atoms with Crippen LogP contribution in [0.25, 0.3) is 0 Å². The average Bonchev–Trinajstić information content (AvgIpc) is 3.24. The number of hydrogen-bond donors (Lipinski definition) is 1. The third-order valence-corrected chi connectivity index (χ3v) is 6.79. The number of thiazole rings is 1. The monoisotopic (exact) mass is 444 g/mol. The summed E-state index contributed by atoms with van der Waals surface area (Å²) in [7, 11) is -2.83. The molecule has 3 amide bonds. The van der Waals surface area contributed by atoms with Crippen LogP contribution in [-0.2, 0) is 14.8 Å². The van der Waals surface area contributed by atoms with E-state index >= 15 is 0 Å². The molecule has 1 aliphatic rings. The van der Waals surface area contributed by atoms with Crippen molar-refractivity contribution in [3.63, 3.8) is 0 Å². The molecule has 0 atom stereocenters. The number of anilines is 3. The Hall–Kier alpha value is -3.44. The van der Waals surface area contributed by atoms with E-state index < -0.39 is 28.5 Å². The molecule has 9 nitrogen and oxygen atoms in total. The first-order valence-electron chi connectivity index (χ1n) is 8.71. The highest BCUT2D eigenvalue weighted by molar-refractivity contribution is 7.94. The van der Waals surface area contributed by atoms with Crippen LogP contribution in [0.4, 0.5) is 21.3 Å². The number of aromatic nitrogens is 1. The van der Waals surface area contributed by atoms with E-state index in [1.54, 1.807) is 35.7 Å². The van der Waals surface area contributed by atoms with Crippen LogP contribution >= 0.6 is 11.3 Å². The maximum absolute atomic E-state index is 13.3. The van der Waals surface area contributed by atoms with Crippen molar-refractivity contribution in [3.05, 3.63) is 60.1 Å². The zero-order valence-electron chi connectivity index (χ0n) is 15.7. The molecule has 154 valence electrons. The highest BCUT2D eigenvalue weighted by Crippen LogP contribution is 2.40. The number of methoxy groups -OCH3 is 1. The highest BCUT2D eigenvalue weighted by Gasteiger charge is 2.44. The zero-order valence-corrected chi connectivity index (χ0v) is 17.3. The fourth-order valence-corrected chi connectivity index (χ4v) is 5.23. The highest BCUT2D eigenvalue weighted by atomic mass is 32.2. The number of urea groups is 1. The maximum atomic E-state index is 13.3. The van der Waals surface area contributed by atoms with Crippen molar-refractivity contribution in [1.29, 1.82) is 0 Å². The van der Waals surface area contributed by atoms with E-state index in [1.807, 2.05) is 0 Å². The van der Waals surface area contributed by atoms with Crippen LogP contribution in [0, 0.1) is 0 Å². The summed E-state index contributed by atoms with van der Waals surface area (Å²) in [5, 5.41) is 4.68. The minimum absolute atomic E-state index is 0.0600. The molecule has 0 aliphatic carbocycles. The van der Waals surface area contributed by atoms with E-state index in [9.17, 15) is 18.0 Å². The summed E-state index contributed by atoms with van der Waals surface area (Å²) in [5.74, 6) is -0.298. The maximum Gasteiger partial charge on any atom is 0.343 e. The Morgan fingerprint density at radius 3 is 2.53 bits per heavy atom. The van der Waals surface area contributed by atoms with Gasteiger partial charge in [-0.3, -0.25) is 9.69 Å². The molecular weight excluding hydrogens is 428 g/mol. The molecule has 11 heteroatoms. The number of rotatable bonds is 5. The van der Waals surface area contributed by atoms with Crippen molar-refractivity contribution >= 4 is 49.8 Å². The first-order chi connectivity index (χ1) is 14.4. The molecule has 2 aromatic carbocycles. The fourth-order valence-electron chi connectivity index (χ4n) is 3.08. The van der Waals surface area contributed by atoms with Gasteiger partial charge in [0.2, 0.25) is 5.91 Å². The van der Waals surface area contributed by atoms with Crippen molar-refractivity contribution in [3.8, 4) is 5.75 Å². The van der Waals surface area contributed by atoms with Crippen LogP contribution in [0.1, 0.15) is 0 Å². The van der Waals surface area contributed by atoms with Gasteiger partial charge in [0, 0.05) is 11.6 Å². The van der Waals surface area contributed by atoms with E-state index in [-0.39, 0.29) is 22.0 Å². The second-order valence-corrected chi connectivity index (χ2v) is 8.81. The molecule has 1 N–H and O–H groups in total. The largest absolute Gasteiger partial charge is 0.495 e. The number of benzene rings is 2. The van der Waals surface area contributed by atoms with E-state index in [0.717, 1.165) is 4.90 Å². The summed E-state index contributed by atoms with van der Waals surface area (Å²) in [6.45, 7) is -0.392. The Labute approximate surface area is 176 Å². The van der Waals surface area contributed by atoms with Crippen LogP contribution in [-0.4, -0.2) is 39.0 Å². The molecule has 30 heavy (non-hydrogen) atoms. The Bertz CT molecular complexity index is 1210. The summed E-state index contributed by atoms with van der Waals surface area (Å²) in [4.78, 5) is 30.9. The van der Waals surface area contributed by atoms with Gasteiger partial charge in [0.25, 0.3) is 10.0 Å². The first kappa shape index (κ1) is 19.9. The summed E-state index contributed by atoms with van der Waals surface area (Å²) in [6, 6.07) is 11.4. The fraction of sp³-hybridized carbons (Fsp3) is 0.105. The lowest BCUT2D eigenvalue weighted by Crippen LogP contribution is -2.53. The molecule has 0 saturated heterocycles. The number of hydrogen-bond acceptors (Lipinski definition) is 7. The number of fused-ring (bicyclic) bond motifs is 1. The van der Waals surface area contributed by atoms with Gasteiger partial charge in [-0.15, -0.1) is 11.3 Å². The third-order valence-electron chi connectivity index (χ3n) is 4.36. The van der Waals surface area contributed by atoms with Gasteiger partial charge >= 0.3 is 6.03 Å². The summed E-state index contributed by atoms with van der Waals surface area (Å²) < 4.78 is 32.5. The van der Waals surface area contributed by atoms with Crippen molar-refractivity contribution in [1.82, 2.24) is 4.98 Å². The van der Waals surface area contributed by atoms with Crippen molar-refractivity contribution in [2.75, 3.05) is 28.2 Å². The van der Waals surface area contributed by atoms with Crippen molar-refractivity contribution < 1.29 is 22.7 Å². The topological polar surface area (TPSA) is 109 Å². The number of ether oxygens (including phenoxy) is 1. The zero-order chi connectivity index (χ0) is 21.3. The van der Waals surface area contributed by atoms with Crippen molar-refractivity contribution in [2.24, 2.45) is 0 Å². The first-order valence-corrected chi connectivity index (χ1v) is 11.0. The van der Waals surface area contributed by atoms with Crippen LogP contribution in [0.3, 0.4) is 0 Å². The molecule has 0 radical (unpaired) electrons. The van der Waals surface area contributed by atoms with Crippen LogP contribution in [0.2, 0.25) is 0 Å². The predicted molar refractivity (Wildman–Crippen MR) is 113 cm³/mol. The minimum atomic E-state index is -4.22. The average molecular weight is 444 g/mol. The third kappa shape index (κ3) is 3.37. The number of nitrogens with zero attached hydrogens (tertiary/aromatic N) is 3. The summed E-state index contributed by atoms with van der Waals surface area (Å²) >= 11 is 1.23. The van der Waals surface area contributed by atoms with Crippen LogP contribution in [0.15, 0.2) is 65.0 Å². The standard InChI is InChI=1S/C19H16N4O5S2/c1-28-15-8-4-2-6-13(15)23-19(25)22(12-17(24)21-18-20-10-11-29-18)14-7-3-5-9-16(14)30(23,26)27/h2-11H,12H2,1H3,(H,20,21,24). The van der Waals surface area contributed by atoms with Gasteiger partial charge in [-0.25, -0.2) is 18.2 Å². The Morgan fingerprint density at radius 1 is 1.13 bits per heavy atom. The summed E-state index contributed by atoms with van der Waals surface area (Å²) in [6.07, 6.45) is 1.54. The van der Waals surface area contributed by atoms with E-state index in [1.165, 1.54) is 42.8 Å². The molecule has 1 aliphatic heterocycles. The lowest BCUT2D eigenvalue weighted by Gasteiger charge is -2.36.